The number of carbonyl (C=O) groups is 2. The number of rotatable bonds is 21. The summed E-state index contributed by atoms with van der Waals surface area (Å²) in [6, 6.07) is 15.7. The van der Waals surface area contributed by atoms with Crippen molar-refractivity contribution < 1.29 is 49.0 Å². The normalized spacial score (nSPS) is 12.2. The first-order valence-corrected chi connectivity index (χ1v) is 18.5. The van der Waals surface area contributed by atoms with Gasteiger partial charge in [-0.05, 0) is 91.2 Å². The van der Waals surface area contributed by atoms with Crippen LogP contribution in [0.5, 0.6) is 23.5 Å². The number of methoxy groups -OCH3 is 2. The number of carboxylic acid groups (broad SMARTS) is 2. The van der Waals surface area contributed by atoms with Crippen molar-refractivity contribution in [1.82, 2.24) is 20.6 Å². The second kappa shape index (κ2) is 20.4. The Kier molecular flexibility index (Phi) is 16.0. The van der Waals surface area contributed by atoms with E-state index in [-0.39, 0.29) is 39.1 Å². The molecule has 0 spiro atoms. The second-order valence-corrected chi connectivity index (χ2v) is 14.1. The molecule has 2 heterocycles. The summed E-state index contributed by atoms with van der Waals surface area (Å²) in [6.07, 6.45) is -2.74. The molecule has 0 saturated heterocycles. The zero-order chi connectivity index (χ0) is 39.4. The summed E-state index contributed by atoms with van der Waals surface area (Å²) in [4.78, 5) is 30.7. The van der Waals surface area contributed by atoms with Gasteiger partial charge in [-0.3, -0.25) is 9.59 Å². The molecule has 0 bridgehead atoms. The van der Waals surface area contributed by atoms with E-state index < -0.39 is 24.1 Å². The third kappa shape index (κ3) is 11.8. The first-order valence-electron chi connectivity index (χ1n) is 16.9. The molecule has 16 heteroatoms. The zero-order valence-corrected chi connectivity index (χ0v) is 33.5. The maximum Gasteiger partial charge on any atom is 0.306 e. The summed E-state index contributed by atoms with van der Waals surface area (Å²) >= 11 is 7.08. The minimum Gasteiger partial charge on any atom is -0.481 e. The van der Waals surface area contributed by atoms with E-state index in [9.17, 15) is 19.8 Å². The number of hydrogen-bond acceptors (Lipinski definition) is 12. The van der Waals surface area contributed by atoms with Crippen LogP contribution in [0.3, 0.4) is 0 Å². The van der Waals surface area contributed by atoms with Gasteiger partial charge in [0.15, 0.2) is 0 Å². The van der Waals surface area contributed by atoms with Crippen molar-refractivity contribution in [3.63, 3.8) is 0 Å². The Hall–Kier alpha value is -4.32. The Balaban J connectivity index is 1.43. The Morgan fingerprint density at radius 1 is 0.667 bits per heavy atom. The number of aliphatic hydroxyl groups excluding tert-OH is 2. The topological polar surface area (TPSA) is 202 Å². The van der Waals surface area contributed by atoms with Crippen LogP contribution in [-0.2, 0) is 35.9 Å². The van der Waals surface area contributed by atoms with Crippen molar-refractivity contribution >= 4 is 43.8 Å². The quantitative estimate of drug-likeness (QED) is 0.0629. The number of pyridine rings is 2. The van der Waals surface area contributed by atoms with Gasteiger partial charge in [-0.2, -0.15) is 9.97 Å². The minimum absolute atomic E-state index is 0.0981. The highest BCUT2D eigenvalue weighted by Gasteiger charge is 2.18. The number of aliphatic hydroxyl groups is 2. The number of aromatic nitrogens is 2. The van der Waals surface area contributed by atoms with Gasteiger partial charge in [0.05, 0.1) is 48.2 Å². The predicted molar refractivity (Wildman–Crippen MR) is 207 cm³/mol. The molecular weight excluding hydrogens is 832 g/mol. The summed E-state index contributed by atoms with van der Waals surface area (Å²) < 4.78 is 24.5. The molecule has 14 nitrogen and oxygen atoms in total. The zero-order valence-electron chi connectivity index (χ0n) is 30.3. The molecule has 0 radical (unpaired) electrons. The van der Waals surface area contributed by atoms with Crippen LogP contribution in [0.1, 0.15) is 46.2 Å². The number of halogens is 2. The van der Waals surface area contributed by atoms with Crippen LogP contribution in [0, 0.1) is 13.8 Å². The monoisotopic (exact) mass is 874 g/mol. The number of hydrogen-bond donors (Lipinski definition) is 6. The number of nitrogens with one attached hydrogen (secondary N) is 2. The lowest BCUT2D eigenvalue weighted by Crippen LogP contribution is -2.28. The van der Waals surface area contributed by atoms with Gasteiger partial charge in [-0.15, -0.1) is 0 Å². The van der Waals surface area contributed by atoms with Crippen molar-refractivity contribution in [1.29, 1.82) is 0 Å². The first kappa shape index (κ1) is 42.4. The van der Waals surface area contributed by atoms with Gasteiger partial charge < -0.3 is 50.0 Å². The Morgan fingerprint density at radius 3 is 1.41 bits per heavy atom. The van der Waals surface area contributed by atoms with E-state index in [1.54, 1.807) is 0 Å². The highest BCUT2D eigenvalue weighted by atomic mass is 79.9. The lowest BCUT2D eigenvalue weighted by Gasteiger charge is -2.18. The van der Waals surface area contributed by atoms with Gasteiger partial charge in [0.25, 0.3) is 0 Å². The van der Waals surface area contributed by atoms with Gasteiger partial charge >= 0.3 is 11.9 Å². The van der Waals surface area contributed by atoms with Crippen LogP contribution in [0.4, 0.5) is 0 Å². The average molecular weight is 877 g/mol. The van der Waals surface area contributed by atoms with E-state index in [0.29, 0.717) is 56.7 Å². The molecule has 2 unspecified atom stereocenters. The van der Waals surface area contributed by atoms with E-state index in [4.69, 9.17) is 29.2 Å². The van der Waals surface area contributed by atoms with Crippen LogP contribution in [0.15, 0.2) is 57.5 Å². The fraction of sp³-hybridized carbons (Fsp3) is 0.368. The minimum atomic E-state index is -1.07. The largest absolute Gasteiger partial charge is 0.481 e. The SMILES string of the molecule is COc1nc(OCc2cccc(-c3cccc(COc4nc(OC)c(CNCC(O)CC(=O)O)cc4Br)c3C)c2C)c(Br)cc1CNCC(O)CC(=O)O. The smallest absolute Gasteiger partial charge is 0.306 e. The number of ether oxygens (including phenoxy) is 4. The van der Waals surface area contributed by atoms with Crippen LogP contribution in [0.2, 0.25) is 0 Å². The maximum absolute atomic E-state index is 10.8. The molecule has 0 fully saturated rings. The lowest BCUT2D eigenvalue weighted by atomic mass is 9.92. The molecule has 290 valence electrons. The van der Waals surface area contributed by atoms with E-state index in [1.807, 2.05) is 50.2 Å². The average Bonchev–Trinajstić information content (AvgIpc) is 3.11. The van der Waals surface area contributed by atoms with E-state index in [0.717, 1.165) is 33.4 Å². The number of benzene rings is 2. The maximum atomic E-state index is 10.8. The van der Waals surface area contributed by atoms with Gasteiger partial charge in [-0.25, -0.2) is 0 Å². The van der Waals surface area contributed by atoms with E-state index >= 15 is 0 Å². The molecular formula is C38H44Br2N4O10. The van der Waals surface area contributed by atoms with Crippen molar-refractivity contribution in [2.45, 2.75) is 65.2 Å². The molecule has 0 aliphatic heterocycles. The Labute approximate surface area is 330 Å². The summed E-state index contributed by atoms with van der Waals surface area (Å²) in [7, 11) is 3.00. The molecule has 6 N–H and O–H groups in total. The first-order chi connectivity index (χ1) is 25.8. The molecule has 0 amide bonds. The third-order valence-electron chi connectivity index (χ3n) is 8.48. The fourth-order valence-corrected chi connectivity index (χ4v) is 6.61. The third-order valence-corrected chi connectivity index (χ3v) is 9.61. The highest BCUT2D eigenvalue weighted by molar-refractivity contribution is 9.10. The Bertz CT molecular complexity index is 1790. The van der Waals surface area contributed by atoms with Gasteiger partial charge in [0.2, 0.25) is 23.5 Å². The molecule has 54 heavy (non-hydrogen) atoms. The summed E-state index contributed by atoms with van der Waals surface area (Å²) in [5, 5.41) is 43.4. The number of nitrogens with zero attached hydrogens (tertiary/aromatic N) is 2. The molecule has 2 aromatic heterocycles. The van der Waals surface area contributed by atoms with Crippen LogP contribution >= 0.6 is 31.9 Å². The molecule has 0 aliphatic carbocycles. The van der Waals surface area contributed by atoms with E-state index in [1.165, 1.54) is 14.2 Å². The molecule has 2 atom stereocenters. The molecule has 0 aliphatic rings. The predicted octanol–water partition coefficient (Wildman–Crippen LogP) is 5.31. The van der Waals surface area contributed by atoms with Crippen molar-refractivity contribution in [2.75, 3.05) is 27.3 Å². The van der Waals surface area contributed by atoms with Crippen LogP contribution < -0.4 is 29.6 Å². The Morgan fingerprint density at radius 2 is 1.06 bits per heavy atom. The van der Waals surface area contributed by atoms with Crippen molar-refractivity contribution in [3.05, 3.63) is 90.9 Å². The highest BCUT2D eigenvalue weighted by Crippen LogP contribution is 2.34. The van der Waals surface area contributed by atoms with Gasteiger partial charge in [0, 0.05) is 37.3 Å². The van der Waals surface area contributed by atoms with Gasteiger partial charge in [-0.1, -0.05) is 36.4 Å². The van der Waals surface area contributed by atoms with Crippen molar-refractivity contribution in [2.24, 2.45) is 0 Å². The fourth-order valence-electron chi connectivity index (χ4n) is 5.65. The van der Waals surface area contributed by atoms with E-state index in [2.05, 4.69) is 64.6 Å². The standard InChI is InChI=1S/C38H44Br2N4O10/c1-21-23(19-53-37-31(39)11-25(35(43-37)51-3)15-41-17-27(45)13-33(47)48)7-5-9-29(21)30-10-6-8-24(22(30)2)20-54-38-32(40)12-26(36(44-38)52-4)16-42-18-28(46)14-34(49)50/h5-12,27-28,41-42,45-46H,13-20H2,1-4H3,(H,47,48)(H,49,50). The lowest BCUT2D eigenvalue weighted by molar-refractivity contribution is -0.140. The summed E-state index contributed by atoms with van der Waals surface area (Å²) in [5.41, 5.74) is 7.49. The second-order valence-electron chi connectivity index (χ2n) is 12.4. The molecule has 0 saturated carbocycles. The van der Waals surface area contributed by atoms with Gasteiger partial charge in [0.1, 0.15) is 13.2 Å². The number of carboxylic acids is 2. The molecule has 2 aromatic carbocycles. The summed E-state index contributed by atoms with van der Waals surface area (Å²) in [6.45, 7) is 5.37. The summed E-state index contributed by atoms with van der Waals surface area (Å²) in [5.74, 6) is -0.773. The number of aliphatic carboxylic acids is 2. The molecule has 4 rings (SSSR count). The molecule has 4 aromatic rings. The van der Waals surface area contributed by atoms with Crippen molar-refractivity contribution in [3.8, 4) is 34.6 Å². The van der Waals surface area contributed by atoms with Crippen LogP contribution in [-0.4, -0.2) is 81.8 Å². The van der Waals surface area contributed by atoms with Crippen LogP contribution in [0.25, 0.3) is 11.1 Å².